The molecule has 0 radical (unpaired) electrons. The zero-order chi connectivity index (χ0) is 14.4. The van der Waals surface area contributed by atoms with Gasteiger partial charge in [0, 0.05) is 12.1 Å². The maximum Gasteiger partial charge on any atom is 0.277 e. The second-order valence-corrected chi connectivity index (χ2v) is 4.05. The number of rotatable bonds is 7. The first kappa shape index (κ1) is 15.2. The van der Waals surface area contributed by atoms with Gasteiger partial charge in [-0.1, -0.05) is 13.8 Å². The van der Waals surface area contributed by atoms with Gasteiger partial charge in [0.15, 0.2) is 11.5 Å². The summed E-state index contributed by atoms with van der Waals surface area (Å²) < 4.78 is 10.3. The molecule has 0 N–H and O–H groups in total. The first-order chi connectivity index (χ1) is 9.07. The second kappa shape index (κ2) is 6.94. The first-order valence-corrected chi connectivity index (χ1v) is 6.18. The minimum Gasteiger partial charge on any atom is -0.493 e. The lowest BCUT2D eigenvalue weighted by Gasteiger charge is -2.19. The van der Waals surface area contributed by atoms with Crippen LogP contribution < -0.4 is 9.47 Å². The SMILES string of the molecule is CCN(CC)Cc1cc(OC)c(OC)cc1[N+](=O)[O-]. The highest BCUT2D eigenvalue weighted by atomic mass is 16.6. The third-order valence-electron chi connectivity index (χ3n) is 3.07. The Hall–Kier alpha value is -1.82. The maximum absolute atomic E-state index is 11.1. The van der Waals surface area contributed by atoms with Crippen LogP contribution >= 0.6 is 0 Å². The van der Waals surface area contributed by atoms with Gasteiger partial charge >= 0.3 is 0 Å². The van der Waals surface area contributed by atoms with Gasteiger partial charge in [0.1, 0.15) is 0 Å². The van der Waals surface area contributed by atoms with E-state index in [0.717, 1.165) is 13.1 Å². The summed E-state index contributed by atoms with van der Waals surface area (Å²) in [6.45, 7) is 6.24. The molecule has 1 aromatic rings. The molecule has 0 bridgehead atoms. The Labute approximate surface area is 113 Å². The van der Waals surface area contributed by atoms with Gasteiger partial charge in [0.25, 0.3) is 5.69 Å². The van der Waals surface area contributed by atoms with E-state index in [1.54, 1.807) is 6.07 Å². The largest absolute Gasteiger partial charge is 0.493 e. The molecular formula is C13H20N2O4. The van der Waals surface area contributed by atoms with Gasteiger partial charge in [-0.3, -0.25) is 15.0 Å². The van der Waals surface area contributed by atoms with Crippen LogP contribution in [0.15, 0.2) is 12.1 Å². The van der Waals surface area contributed by atoms with E-state index in [2.05, 4.69) is 4.90 Å². The van der Waals surface area contributed by atoms with Crippen molar-refractivity contribution in [3.05, 3.63) is 27.8 Å². The van der Waals surface area contributed by atoms with Crippen LogP contribution in [0.1, 0.15) is 19.4 Å². The molecular weight excluding hydrogens is 248 g/mol. The van der Waals surface area contributed by atoms with Crippen LogP contribution in [-0.4, -0.2) is 37.1 Å². The topological polar surface area (TPSA) is 64.8 Å². The summed E-state index contributed by atoms with van der Waals surface area (Å²) in [5.74, 6) is 0.882. The van der Waals surface area contributed by atoms with Crippen LogP contribution in [0.2, 0.25) is 0 Å². The average Bonchev–Trinajstić information content (AvgIpc) is 2.43. The molecule has 0 saturated carbocycles. The molecule has 0 fully saturated rings. The van der Waals surface area contributed by atoms with Crippen molar-refractivity contribution in [3.63, 3.8) is 0 Å². The minimum atomic E-state index is -0.388. The van der Waals surface area contributed by atoms with Crippen molar-refractivity contribution in [1.29, 1.82) is 0 Å². The number of methoxy groups -OCH3 is 2. The molecule has 0 heterocycles. The molecule has 106 valence electrons. The van der Waals surface area contributed by atoms with Crippen molar-refractivity contribution >= 4 is 5.69 Å². The van der Waals surface area contributed by atoms with E-state index >= 15 is 0 Å². The van der Waals surface area contributed by atoms with E-state index in [1.807, 2.05) is 13.8 Å². The molecule has 0 amide bonds. The van der Waals surface area contributed by atoms with Crippen LogP contribution in [0.5, 0.6) is 11.5 Å². The van der Waals surface area contributed by atoms with Crippen molar-refractivity contribution in [2.75, 3.05) is 27.3 Å². The molecule has 0 saturated heterocycles. The van der Waals surface area contributed by atoms with E-state index in [9.17, 15) is 10.1 Å². The number of hydrogen-bond acceptors (Lipinski definition) is 5. The van der Waals surface area contributed by atoms with E-state index in [1.165, 1.54) is 20.3 Å². The molecule has 6 nitrogen and oxygen atoms in total. The van der Waals surface area contributed by atoms with E-state index in [-0.39, 0.29) is 10.6 Å². The summed E-state index contributed by atoms with van der Waals surface area (Å²) in [6.07, 6.45) is 0. The third kappa shape index (κ3) is 3.57. The van der Waals surface area contributed by atoms with Crippen LogP contribution in [-0.2, 0) is 6.54 Å². The molecule has 0 aliphatic rings. The van der Waals surface area contributed by atoms with E-state index in [4.69, 9.17) is 9.47 Å². The van der Waals surface area contributed by atoms with Crippen molar-refractivity contribution in [2.45, 2.75) is 20.4 Å². The lowest BCUT2D eigenvalue weighted by Crippen LogP contribution is -2.22. The Morgan fingerprint density at radius 2 is 1.68 bits per heavy atom. The fourth-order valence-corrected chi connectivity index (χ4v) is 1.90. The summed E-state index contributed by atoms with van der Waals surface area (Å²) in [5, 5.41) is 11.1. The van der Waals surface area contributed by atoms with Crippen LogP contribution in [0.4, 0.5) is 5.69 Å². The molecule has 0 spiro atoms. The molecule has 6 heteroatoms. The Kier molecular flexibility index (Phi) is 5.57. The summed E-state index contributed by atoms with van der Waals surface area (Å²) in [7, 11) is 2.98. The molecule has 1 aromatic carbocycles. The van der Waals surface area contributed by atoms with Crippen LogP contribution in [0.3, 0.4) is 0 Å². The molecule has 1 rings (SSSR count). The van der Waals surface area contributed by atoms with Gasteiger partial charge < -0.3 is 9.47 Å². The summed E-state index contributed by atoms with van der Waals surface area (Å²) >= 11 is 0. The quantitative estimate of drug-likeness (QED) is 0.561. The van der Waals surface area contributed by atoms with Crippen molar-refractivity contribution in [2.24, 2.45) is 0 Å². The molecule has 0 atom stereocenters. The fourth-order valence-electron chi connectivity index (χ4n) is 1.90. The van der Waals surface area contributed by atoms with Crippen molar-refractivity contribution < 1.29 is 14.4 Å². The third-order valence-corrected chi connectivity index (χ3v) is 3.07. The van der Waals surface area contributed by atoms with Crippen LogP contribution in [0.25, 0.3) is 0 Å². The lowest BCUT2D eigenvalue weighted by atomic mass is 10.1. The molecule has 0 aliphatic heterocycles. The monoisotopic (exact) mass is 268 g/mol. The van der Waals surface area contributed by atoms with Gasteiger partial charge in [-0.2, -0.15) is 0 Å². The number of hydrogen-bond donors (Lipinski definition) is 0. The molecule has 0 aromatic heterocycles. The van der Waals surface area contributed by atoms with Gasteiger partial charge in [-0.05, 0) is 19.2 Å². The summed E-state index contributed by atoms with van der Waals surface area (Å²) in [4.78, 5) is 12.9. The van der Waals surface area contributed by atoms with Crippen molar-refractivity contribution in [1.82, 2.24) is 4.90 Å². The number of nitro groups is 1. The second-order valence-electron chi connectivity index (χ2n) is 4.05. The summed E-state index contributed by atoms with van der Waals surface area (Å²) in [5.41, 5.74) is 0.691. The predicted octanol–water partition coefficient (Wildman–Crippen LogP) is 2.45. The van der Waals surface area contributed by atoms with Crippen molar-refractivity contribution in [3.8, 4) is 11.5 Å². The standard InChI is InChI=1S/C13H20N2O4/c1-5-14(6-2)9-10-7-12(18-3)13(19-4)8-11(10)15(16)17/h7-8H,5-6,9H2,1-4H3. The fraction of sp³-hybridized carbons (Fsp3) is 0.538. The van der Waals surface area contributed by atoms with Crippen LogP contribution in [0, 0.1) is 10.1 Å². The van der Waals surface area contributed by atoms with Gasteiger partial charge in [0.2, 0.25) is 0 Å². The highest BCUT2D eigenvalue weighted by molar-refractivity contribution is 5.54. The highest BCUT2D eigenvalue weighted by Gasteiger charge is 2.20. The lowest BCUT2D eigenvalue weighted by molar-refractivity contribution is -0.385. The minimum absolute atomic E-state index is 0.0598. The summed E-state index contributed by atoms with van der Waals surface area (Å²) in [6, 6.07) is 3.09. The Morgan fingerprint density at radius 3 is 2.11 bits per heavy atom. The maximum atomic E-state index is 11.1. The van der Waals surface area contributed by atoms with E-state index < -0.39 is 0 Å². The van der Waals surface area contributed by atoms with Gasteiger partial charge in [-0.25, -0.2) is 0 Å². The molecule has 0 unspecified atom stereocenters. The van der Waals surface area contributed by atoms with Gasteiger partial charge in [0.05, 0.1) is 25.2 Å². The smallest absolute Gasteiger partial charge is 0.277 e. The number of nitrogens with zero attached hydrogens (tertiary/aromatic N) is 2. The molecule has 0 aliphatic carbocycles. The first-order valence-electron chi connectivity index (χ1n) is 6.18. The number of benzene rings is 1. The normalized spacial score (nSPS) is 10.6. The number of nitro benzene ring substituents is 1. The average molecular weight is 268 g/mol. The van der Waals surface area contributed by atoms with E-state index in [0.29, 0.717) is 23.6 Å². The zero-order valence-corrected chi connectivity index (χ0v) is 11.8. The number of ether oxygens (including phenoxy) is 2. The Bertz CT molecular complexity index is 445. The zero-order valence-electron chi connectivity index (χ0n) is 11.8. The highest BCUT2D eigenvalue weighted by Crippen LogP contribution is 2.34. The Morgan fingerprint density at radius 1 is 1.16 bits per heavy atom. The predicted molar refractivity (Wildman–Crippen MR) is 72.8 cm³/mol. The Balaban J connectivity index is 3.23. The molecule has 19 heavy (non-hydrogen) atoms. The van der Waals surface area contributed by atoms with Gasteiger partial charge in [-0.15, -0.1) is 0 Å².